The number of nitrogens with zero attached hydrogens (tertiary/aromatic N) is 3. The maximum Gasteiger partial charge on any atom is 0.118 e. The Hall–Kier alpha value is -1.60. The normalized spacial score (nSPS) is 10.1. The summed E-state index contributed by atoms with van der Waals surface area (Å²) in [7, 11) is 0. The largest absolute Gasteiger partial charge is 0.319 e. The van der Waals surface area contributed by atoms with Crippen LogP contribution in [0.3, 0.4) is 0 Å². The topological polar surface area (TPSA) is 33.1 Å². The van der Waals surface area contributed by atoms with Gasteiger partial charge in [-0.15, -0.1) is 0 Å². The lowest BCUT2D eigenvalue weighted by Crippen LogP contribution is -1.94. The van der Waals surface area contributed by atoms with Crippen LogP contribution in [0.2, 0.25) is 0 Å². The summed E-state index contributed by atoms with van der Waals surface area (Å²) in [5.74, 6) is 0. The molecule has 0 bridgehead atoms. The Bertz CT molecular complexity index is 530. The first-order chi connectivity index (χ1) is 6.33. The van der Waals surface area contributed by atoms with Crippen LogP contribution < -0.4 is 0 Å². The van der Waals surface area contributed by atoms with E-state index in [2.05, 4.69) is 6.07 Å². The van der Waals surface area contributed by atoms with Gasteiger partial charge in [0, 0.05) is 12.4 Å². The average Bonchev–Trinajstić information content (AvgIpc) is 2.51. The van der Waals surface area contributed by atoms with E-state index in [0.717, 1.165) is 10.3 Å². The van der Waals surface area contributed by atoms with Crippen molar-refractivity contribution in [3.63, 3.8) is 0 Å². The Balaban J connectivity index is 2.77. The Morgan fingerprint density at radius 2 is 2.23 bits per heavy atom. The summed E-state index contributed by atoms with van der Waals surface area (Å²) in [4.78, 5) is 0. The molecule has 0 amide bonds. The van der Waals surface area contributed by atoms with E-state index in [4.69, 9.17) is 17.5 Å². The molecule has 0 unspecified atom stereocenters. The predicted octanol–water partition coefficient (Wildman–Crippen LogP) is 1.99. The summed E-state index contributed by atoms with van der Waals surface area (Å²) in [6.07, 6.45) is 3.73. The Labute approximate surface area is 80.5 Å². The van der Waals surface area contributed by atoms with Crippen molar-refractivity contribution in [3.8, 4) is 6.07 Å². The monoisotopic (exact) mass is 189 g/mol. The SMILES string of the molecule is N#CCn1ccn2c(=S)cccc12. The average molecular weight is 189 g/mol. The van der Waals surface area contributed by atoms with Gasteiger partial charge in [-0.1, -0.05) is 18.3 Å². The molecular formula is C9H7N3S. The van der Waals surface area contributed by atoms with Gasteiger partial charge in [0.15, 0.2) is 0 Å². The predicted molar refractivity (Wildman–Crippen MR) is 51.8 cm³/mol. The third-order valence-corrected chi connectivity index (χ3v) is 2.23. The highest BCUT2D eigenvalue weighted by atomic mass is 32.1. The van der Waals surface area contributed by atoms with E-state index in [1.165, 1.54) is 0 Å². The van der Waals surface area contributed by atoms with Crippen LogP contribution >= 0.6 is 12.2 Å². The first-order valence-electron chi connectivity index (χ1n) is 3.86. The van der Waals surface area contributed by atoms with Crippen LogP contribution in [-0.2, 0) is 6.54 Å². The highest BCUT2D eigenvalue weighted by Crippen LogP contribution is 2.05. The second-order valence-corrected chi connectivity index (χ2v) is 3.09. The zero-order chi connectivity index (χ0) is 9.26. The van der Waals surface area contributed by atoms with Crippen LogP contribution in [0.1, 0.15) is 0 Å². The first kappa shape index (κ1) is 8.02. The number of imidazole rings is 1. The van der Waals surface area contributed by atoms with Crippen molar-refractivity contribution < 1.29 is 0 Å². The molecule has 0 aliphatic carbocycles. The van der Waals surface area contributed by atoms with Crippen LogP contribution in [0.15, 0.2) is 30.6 Å². The number of pyridine rings is 1. The molecular weight excluding hydrogens is 182 g/mol. The maximum absolute atomic E-state index is 8.56. The molecule has 0 N–H and O–H groups in total. The Morgan fingerprint density at radius 3 is 3.00 bits per heavy atom. The molecule has 2 rings (SSSR count). The molecule has 2 aromatic rings. The van der Waals surface area contributed by atoms with E-state index in [0.29, 0.717) is 6.54 Å². The number of rotatable bonds is 1. The lowest BCUT2D eigenvalue weighted by atomic mass is 10.5. The van der Waals surface area contributed by atoms with Crippen molar-refractivity contribution in [2.75, 3.05) is 0 Å². The molecule has 0 saturated carbocycles. The molecule has 0 spiro atoms. The lowest BCUT2D eigenvalue weighted by molar-refractivity contribution is 0.863. The summed E-state index contributed by atoms with van der Waals surface area (Å²) < 4.78 is 4.50. The van der Waals surface area contributed by atoms with Crippen molar-refractivity contribution >= 4 is 17.9 Å². The van der Waals surface area contributed by atoms with Crippen molar-refractivity contribution in [2.24, 2.45) is 0 Å². The van der Waals surface area contributed by atoms with Gasteiger partial charge in [-0.2, -0.15) is 5.26 Å². The lowest BCUT2D eigenvalue weighted by Gasteiger charge is -1.97. The standard InChI is InChI=1S/C9H7N3S/c10-4-5-11-6-7-12-8(11)2-1-3-9(12)13/h1-3,6-7H,5H2. The molecule has 4 heteroatoms. The van der Waals surface area contributed by atoms with Crippen LogP contribution in [0.4, 0.5) is 0 Å². The smallest absolute Gasteiger partial charge is 0.118 e. The zero-order valence-electron chi connectivity index (χ0n) is 6.84. The van der Waals surface area contributed by atoms with Gasteiger partial charge in [-0.05, 0) is 12.1 Å². The van der Waals surface area contributed by atoms with Crippen LogP contribution in [-0.4, -0.2) is 8.97 Å². The molecule has 0 radical (unpaired) electrons. The van der Waals surface area contributed by atoms with Crippen molar-refractivity contribution in [2.45, 2.75) is 6.54 Å². The van der Waals surface area contributed by atoms with Crippen molar-refractivity contribution in [3.05, 3.63) is 35.2 Å². The van der Waals surface area contributed by atoms with E-state index in [-0.39, 0.29) is 0 Å². The van der Waals surface area contributed by atoms with Gasteiger partial charge in [0.2, 0.25) is 0 Å². The molecule has 0 saturated heterocycles. The number of hydrogen-bond donors (Lipinski definition) is 0. The molecule has 0 aromatic carbocycles. The Morgan fingerprint density at radius 1 is 1.38 bits per heavy atom. The molecule has 2 aromatic heterocycles. The first-order valence-corrected chi connectivity index (χ1v) is 4.27. The maximum atomic E-state index is 8.56. The van der Waals surface area contributed by atoms with E-state index < -0.39 is 0 Å². The molecule has 2 heterocycles. The van der Waals surface area contributed by atoms with Gasteiger partial charge in [-0.3, -0.25) is 4.40 Å². The Kier molecular flexibility index (Phi) is 1.87. The van der Waals surface area contributed by atoms with Gasteiger partial charge in [0.25, 0.3) is 0 Å². The summed E-state index contributed by atoms with van der Waals surface area (Å²) in [5.41, 5.74) is 0.953. The van der Waals surface area contributed by atoms with Gasteiger partial charge < -0.3 is 4.57 Å². The summed E-state index contributed by atoms with van der Waals surface area (Å²) in [6, 6.07) is 7.79. The fraction of sp³-hybridized carbons (Fsp3) is 0.111. The van der Waals surface area contributed by atoms with Crippen LogP contribution in [0.5, 0.6) is 0 Å². The minimum absolute atomic E-state index is 0.356. The fourth-order valence-electron chi connectivity index (χ4n) is 1.31. The summed E-state index contributed by atoms with van der Waals surface area (Å²) >= 11 is 5.12. The molecule has 0 aliphatic rings. The number of nitriles is 1. The number of fused-ring (bicyclic) bond motifs is 1. The highest BCUT2D eigenvalue weighted by molar-refractivity contribution is 7.71. The summed E-state index contributed by atoms with van der Waals surface area (Å²) in [5, 5.41) is 8.56. The zero-order valence-corrected chi connectivity index (χ0v) is 7.66. The second kappa shape index (κ2) is 3.04. The van der Waals surface area contributed by atoms with Crippen molar-refractivity contribution in [1.29, 1.82) is 5.26 Å². The molecule has 0 atom stereocenters. The highest BCUT2D eigenvalue weighted by Gasteiger charge is 1.97. The van der Waals surface area contributed by atoms with E-state index in [1.807, 2.05) is 39.6 Å². The van der Waals surface area contributed by atoms with E-state index >= 15 is 0 Å². The molecule has 3 nitrogen and oxygen atoms in total. The third kappa shape index (κ3) is 1.23. The van der Waals surface area contributed by atoms with E-state index in [9.17, 15) is 0 Å². The number of aromatic nitrogens is 2. The van der Waals surface area contributed by atoms with Crippen LogP contribution in [0, 0.1) is 16.0 Å². The van der Waals surface area contributed by atoms with Crippen LogP contribution in [0.25, 0.3) is 5.65 Å². The van der Waals surface area contributed by atoms with Gasteiger partial charge in [-0.25, -0.2) is 0 Å². The van der Waals surface area contributed by atoms with Crippen molar-refractivity contribution in [1.82, 2.24) is 8.97 Å². The minimum Gasteiger partial charge on any atom is -0.319 e. The van der Waals surface area contributed by atoms with E-state index in [1.54, 1.807) is 0 Å². The minimum atomic E-state index is 0.356. The van der Waals surface area contributed by atoms with Gasteiger partial charge in [0.05, 0.1) is 6.07 Å². The molecule has 13 heavy (non-hydrogen) atoms. The van der Waals surface area contributed by atoms with Gasteiger partial charge >= 0.3 is 0 Å². The summed E-state index contributed by atoms with van der Waals surface area (Å²) in [6.45, 7) is 0.356. The molecule has 0 fully saturated rings. The fourth-order valence-corrected chi connectivity index (χ4v) is 1.54. The third-order valence-electron chi connectivity index (χ3n) is 1.90. The second-order valence-electron chi connectivity index (χ2n) is 2.68. The quantitative estimate of drug-likeness (QED) is 0.643. The molecule has 0 aliphatic heterocycles. The number of hydrogen-bond acceptors (Lipinski definition) is 2. The molecule has 64 valence electrons. The van der Waals surface area contributed by atoms with Gasteiger partial charge in [0.1, 0.15) is 16.8 Å².